The van der Waals surface area contributed by atoms with Gasteiger partial charge < -0.3 is 0 Å². The van der Waals surface area contributed by atoms with Crippen molar-refractivity contribution >= 4 is 71.6 Å². The third kappa shape index (κ3) is 38.8. The minimum atomic E-state index is -3.83. The van der Waals surface area contributed by atoms with Crippen LogP contribution >= 0.6 is 0 Å². The zero-order valence-corrected chi connectivity index (χ0v) is 7.88. The van der Waals surface area contributed by atoms with Crippen LogP contribution in [-0.4, -0.2) is 64.7 Å². The topological polar surface area (TPSA) is 57.5 Å². The van der Waals surface area contributed by atoms with Crippen molar-refractivity contribution < 1.29 is 13.3 Å². The van der Waals surface area contributed by atoms with Gasteiger partial charge >= 0.3 is 0 Å². The monoisotopic (exact) mass is 153 g/mol. The Kier molecular flexibility index (Phi) is 6.99. The molecule has 0 aromatic rings. The van der Waals surface area contributed by atoms with E-state index in [1.807, 2.05) is 0 Å². The molecule has 6 heteroatoms. The molecule has 0 saturated heterocycles. The molecular weight excluding hydrogens is 151 g/mol. The van der Waals surface area contributed by atoms with E-state index < -0.39 is 9.05 Å². The van der Waals surface area contributed by atoms with Gasteiger partial charge in [-0.05, 0) is 0 Å². The van der Waals surface area contributed by atoms with Gasteiger partial charge in [0.2, 0.25) is 0 Å². The second-order valence-electron chi connectivity index (χ2n) is 0.448. The van der Waals surface area contributed by atoms with Gasteiger partial charge in [-0.15, -0.1) is 0 Å². The molecule has 0 fully saturated rings. The Morgan fingerprint density at radius 3 is 1.50 bits per heavy atom. The molecule has 0 aliphatic heterocycles. The van der Waals surface area contributed by atoms with Crippen LogP contribution in [0, 0.1) is 0 Å². The largest absolute Gasteiger partial charge is 0.285 e. The first kappa shape index (κ1) is 10.8. The summed E-state index contributed by atoms with van der Waals surface area (Å²) in [6, 6.07) is 0. The van der Waals surface area contributed by atoms with E-state index in [0.29, 0.717) is 0 Å². The molecule has 0 aliphatic carbocycles. The molecule has 0 aliphatic rings. The Labute approximate surface area is 83.3 Å². The van der Waals surface area contributed by atoms with Crippen molar-refractivity contribution in [2.24, 2.45) is 0 Å². The molecule has 3 nitrogen and oxygen atoms in total. The summed E-state index contributed by atoms with van der Waals surface area (Å²) in [7, 11) is -3.83. The third-order valence-corrected chi connectivity index (χ3v) is 0. The Morgan fingerprint density at radius 1 is 1.50 bits per heavy atom. The number of rotatable bonds is 0. The van der Waals surface area contributed by atoms with Crippen molar-refractivity contribution in [3.05, 3.63) is 0 Å². The fourth-order valence-electron chi connectivity index (χ4n) is 0. The Hall–Kier alpha value is 1.93. The van der Waals surface area contributed by atoms with E-state index in [2.05, 4.69) is 11.2 Å². The molecule has 0 aromatic carbocycles. The number of hydrogen-bond acceptors (Lipinski definition) is 2. The fourth-order valence-corrected chi connectivity index (χ4v) is 0. The predicted molar refractivity (Wildman–Crippen MR) is 26.5 cm³/mol. The molecule has 2 N–H and O–H groups in total. The van der Waals surface area contributed by atoms with Crippen molar-refractivity contribution in [2.75, 3.05) is 0 Å². The SMILES string of the molecule is O=S(O)(O)=S.[K]. The van der Waals surface area contributed by atoms with E-state index in [0.717, 1.165) is 0 Å². The van der Waals surface area contributed by atoms with E-state index in [1.165, 1.54) is 0 Å². The van der Waals surface area contributed by atoms with Crippen LogP contribution in [0.3, 0.4) is 0 Å². The Bertz CT molecular complexity index is 92.0. The van der Waals surface area contributed by atoms with E-state index in [-0.39, 0.29) is 51.4 Å². The van der Waals surface area contributed by atoms with E-state index in [9.17, 15) is 0 Å². The van der Waals surface area contributed by atoms with Crippen LogP contribution in [0.1, 0.15) is 0 Å². The quantitative estimate of drug-likeness (QED) is 0.452. The van der Waals surface area contributed by atoms with Crippen LogP contribution in [0.25, 0.3) is 0 Å². The molecule has 1 radical (unpaired) electrons. The van der Waals surface area contributed by atoms with Gasteiger partial charge in [0, 0.05) is 62.6 Å². The van der Waals surface area contributed by atoms with Crippen molar-refractivity contribution in [3.8, 4) is 0 Å². The maximum atomic E-state index is 9.11. The first-order valence-corrected chi connectivity index (χ1v) is 3.10. The third-order valence-electron chi connectivity index (χ3n) is 0. The summed E-state index contributed by atoms with van der Waals surface area (Å²) in [5, 5.41) is 0. The second kappa shape index (κ2) is 3.87. The fraction of sp³-hybridized carbons (Fsp3) is 0. The summed E-state index contributed by atoms with van der Waals surface area (Å²) in [4.78, 5) is 0. The molecule has 33 valence electrons. The van der Waals surface area contributed by atoms with Gasteiger partial charge in [0.25, 0.3) is 9.05 Å². The average molecular weight is 153 g/mol. The minimum absolute atomic E-state index is 0. The van der Waals surface area contributed by atoms with Gasteiger partial charge in [-0.1, -0.05) is 0 Å². The molecule has 0 bridgehead atoms. The van der Waals surface area contributed by atoms with Gasteiger partial charge in [-0.25, -0.2) is 0 Å². The van der Waals surface area contributed by atoms with Crippen molar-refractivity contribution in [1.29, 1.82) is 0 Å². The first-order chi connectivity index (χ1) is 2.00. The van der Waals surface area contributed by atoms with E-state index in [1.54, 1.807) is 0 Å². The van der Waals surface area contributed by atoms with Crippen LogP contribution in [0.5, 0.6) is 0 Å². The van der Waals surface area contributed by atoms with Crippen LogP contribution in [0.15, 0.2) is 0 Å². The average Bonchev–Trinajstić information content (AvgIpc) is 0.722. The summed E-state index contributed by atoms with van der Waals surface area (Å²) in [5.74, 6) is 0. The van der Waals surface area contributed by atoms with Crippen LogP contribution < -0.4 is 0 Å². The molecule has 0 saturated carbocycles. The standard InChI is InChI=1S/K.H2O3S2/c;1-5(2,3)4/h;(H2,1,2,3,4). The molecule has 0 atom stereocenters. The molecule has 0 heterocycles. The van der Waals surface area contributed by atoms with Crippen molar-refractivity contribution in [2.45, 2.75) is 0 Å². The van der Waals surface area contributed by atoms with E-state index >= 15 is 0 Å². The second-order valence-corrected chi connectivity index (χ2v) is 2.65. The van der Waals surface area contributed by atoms with Crippen molar-refractivity contribution in [3.63, 3.8) is 0 Å². The minimum Gasteiger partial charge on any atom is -0.285 e. The zero-order chi connectivity index (χ0) is 4.50. The summed E-state index contributed by atoms with van der Waals surface area (Å²) < 4.78 is 24.0. The van der Waals surface area contributed by atoms with Crippen LogP contribution in [-0.2, 0) is 20.2 Å². The Morgan fingerprint density at radius 2 is 1.50 bits per heavy atom. The zero-order valence-electron chi connectivity index (χ0n) is 3.12. The maximum absolute atomic E-state index is 9.11. The normalized spacial score (nSPS) is 9.67. The molecular formula is H2KO3S2. The predicted octanol–water partition coefficient (Wildman–Crippen LogP) is -0.702. The summed E-state index contributed by atoms with van der Waals surface area (Å²) >= 11 is 3.47. The maximum Gasteiger partial charge on any atom is 0.263 e. The molecule has 0 amide bonds. The van der Waals surface area contributed by atoms with Crippen LogP contribution in [0.4, 0.5) is 0 Å². The Balaban J connectivity index is 0. The van der Waals surface area contributed by atoms with Gasteiger partial charge in [0.1, 0.15) is 0 Å². The molecule has 0 unspecified atom stereocenters. The van der Waals surface area contributed by atoms with Gasteiger partial charge in [0.15, 0.2) is 0 Å². The molecule has 0 aromatic heterocycles. The summed E-state index contributed by atoms with van der Waals surface area (Å²) in [5.41, 5.74) is 0. The molecule has 0 spiro atoms. The van der Waals surface area contributed by atoms with Crippen LogP contribution in [0.2, 0.25) is 0 Å². The first-order valence-electron chi connectivity index (χ1n) is 0.698. The van der Waals surface area contributed by atoms with Gasteiger partial charge in [0.05, 0.1) is 0 Å². The number of hydrogen-bond donors (Lipinski definition) is 2. The van der Waals surface area contributed by atoms with Gasteiger partial charge in [-0.3, -0.25) is 9.11 Å². The molecule has 0 rings (SSSR count). The van der Waals surface area contributed by atoms with Crippen molar-refractivity contribution in [1.82, 2.24) is 0 Å². The smallest absolute Gasteiger partial charge is 0.263 e. The van der Waals surface area contributed by atoms with Gasteiger partial charge in [-0.2, -0.15) is 4.21 Å². The summed E-state index contributed by atoms with van der Waals surface area (Å²) in [6.45, 7) is 0. The molecule has 6 heavy (non-hydrogen) atoms. The van der Waals surface area contributed by atoms with E-state index in [4.69, 9.17) is 13.3 Å². The summed E-state index contributed by atoms with van der Waals surface area (Å²) in [6.07, 6.45) is 0.